The molecule has 1 aliphatic rings. The lowest BCUT2D eigenvalue weighted by Crippen LogP contribution is -2.24. The molecule has 0 radical (unpaired) electrons. The highest BCUT2D eigenvalue weighted by Gasteiger charge is 2.31. The van der Waals surface area contributed by atoms with Gasteiger partial charge in [-0.2, -0.15) is 13.2 Å². The molecule has 0 aromatic carbocycles. The highest BCUT2D eigenvalue weighted by atomic mass is 19.4. The lowest BCUT2D eigenvalue weighted by Gasteiger charge is -2.11. The molecule has 0 spiro atoms. The number of hydrogen-bond donors (Lipinski definition) is 1. The zero-order chi connectivity index (χ0) is 13.5. The summed E-state index contributed by atoms with van der Waals surface area (Å²) >= 11 is 0. The van der Waals surface area contributed by atoms with E-state index in [4.69, 9.17) is 0 Å². The van der Waals surface area contributed by atoms with E-state index in [1.807, 2.05) is 0 Å². The molecule has 1 atom stereocenters. The first kappa shape index (κ1) is 12.5. The predicted molar refractivity (Wildman–Crippen MR) is 64.9 cm³/mol. The molecule has 1 N–H and O–H groups in total. The number of aromatic nitrogens is 2. The van der Waals surface area contributed by atoms with E-state index in [0.29, 0.717) is 23.8 Å². The van der Waals surface area contributed by atoms with E-state index in [1.54, 1.807) is 10.6 Å². The summed E-state index contributed by atoms with van der Waals surface area (Å²) in [6, 6.07) is 2.87. The number of pyridine rings is 1. The van der Waals surface area contributed by atoms with Gasteiger partial charge in [0.15, 0.2) is 0 Å². The van der Waals surface area contributed by atoms with Gasteiger partial charge in [-0.05, 0) is 31.5 Å². The molecule has 102 valence electrons. The molecule has 2 aromatic rings. The molecule has 6 heteroatoms. The Bertz CT molecular complexity index is 582. The Hall–Kier alpha value is -1.56. The third-order valence-electron chi connectivity index (χ3n) is 3.52. The molecule has 0 aliphatic carbocycles. The van der Waals surface area contributed by atoms with Crippen molar-refractivity contribution in [1.29, 1.82) is 0 Å². The van der Waals surface area contributed by atoms with E-state index in [9.17, 15) is 13.2 Å². The van der Waals surface area contributed by atoms with Crippen LogP contribution in [0.15, 0.2) is 24.5 Å². The van der Waals surface area contributed by atoms with Gasteiger partial charge in [0, 0.05) is 18.7 Å². The SMILES string of the molecule is FC(F)(F)c1ccc2cnc(CC3CCCN3)n2c1. The van der Waals surface area contributed by atoms with E-state index >= 15 is 0 Å². The number of hydrogen-bond acceptors (Lipinski definition) is 2. The van der Waals surface area contributed by atoms with Gasteiger partial charge in [0.1, 0.15) is 5.82 Å². The summed E-state index contributed by atoms with van der Waals surface area (Å²) < 4.78 is 39.7. The Balaban J connectivity index is 1.95. The van der Waals surface area contributed by atoms with Crippen LogP contribution < -0.4 is 5.32 Å². The van der Waals surface area contributed by atoms with Crippen LogP contribution in [0.3, 0.4) is 0 Å². The minimum Gasteiger partial charge on any atom is -0.314 e. The summed E-state index contributed by atoms with van der Waals surface area (Å²) in [6.45, 7) is 0.974. The van der Waals surface area contributed by atoms with E-state index in [1.165, 1.54) is 6.07 Å². The Kier molecular flexibility index (Phi) is 2.97. The molecular weight excluding hydrogens is 255 g/mol. The molecule has 3 nitrogen and oxygen atoms in total. The second-order valence-corrected chi connectivity index (χ2v) is 4.88. The average molecular weight is 269 g/mol. The zero-order valence-electron chi connectivity index (χ0n) is 10.2. The molecule has 2 aromatic heterocycles. The maximum Gasteiger partial charge on any atom is 0.417 e. The number of halogens is 3. The summed E-state index contributed by atoms with van der Waals surface area (Å²) in [5.41, 5.74) is 0.0552. The van der Waals surface area contributed by atoms with Crippen LogP contribution in [0.4, 0.5) is 13.2 Å². The second-order valence-electron chi connectivity index (χ2n) is 4.88. The Morgan fingerprint density at radius 3 is 2.89 bits per heavy atom. The lowest BCUT2D eigenvalue weighted by molar-refractivity contribution is -0.137. The highest BCUT2D eigenvalue weighted by molar-refractivity contribution is 5.47. The van der Waals surface area contributed by atoms with Gasteiger partial charge in [0.2, 0.25) is 0 Å². The van der Waals surface area contributed by atoms with E-state index in [2.05, 4.69) is 10.3 Å². The molecule has 0 bridgehead atoms. The molecule has 19 heavy (non-hydrogen) atoms. The first-order valence-corrected chi connectivity index (χ1v) is 6.30. The quantitative estimate of drug-likeness (QED) is 0.908. The van der Waals surface area contributed by atoms with Crippen LogP contribution >= 0.6 is 0 Å². The van der Waals surface area contributed by atoms with Crippen LogP contribution in [0, 0.1) is 0 Å². The predicted octanol–water partition coefficient (Wildman–Crippen LogP) is 2.65. The summed E-state index contributed by atoms with van der Waals surface area (Å²) in [7, 11) is 0. The van der Waals surface area contributed by atoms with Crippen molar-refractivity contribution in [3.63, 3.8) is 0 Å². The van der Waals surface area contributed by atoms with Gasteiger partial charge in [-0.1, -0.05) is 0 Å². The maximum atomic E-state index is 12.7. The van der Waals surface area contributed by atoms with Crippen molar-refractivity contribution < 1.29 is 13.2 Å². The van der Waals surface area contributed by atoms with Gasteiger partial charge in [-0.15, -0.1) is 0 Å². The molecule has 3 rings (SSSR count). The number of imidazole rings is 1. The van der Waals surface area contributed by atoms with Crippen LogP contribution in [0.25, 0.3) is 5.52 Å². The Labute approximate surface area is 108 Å². The smallest absolute Gasteiger partial charge is 0.314 e. The summed E-state index contributed by atoms with van der Waals surface area (Å²) in [5.74, 6) is 0.681. The number of alkyl halides is 3. The van der Waals surface area contributed by atoms with Gasteiger partial charge >= 0.3 is 6.18 Å². The molecule has 1 saturated heterocycles. The molecule has 3 heterocycles. The third-order valence-corrected chi connectivity index (χ3v) is 3.52. The molecule has 1 fully saturated rings. The summed E-state index contributed by atoms with van der Waals surface area (Å²) in [4.78, 5) is 4.24. The standard InChI is InChI=1S/C13H14F3N3/c14-13(15,16)9-3-4-11-7-18-12(19(11)8-9)6-10-2-1-5-17-10/h3-4,7-8,10,17H,1-2,5-6H2. The maximum absolute atomic E-state index is 12.7. The lowest BCUT2D eigenvalue weighted by atomic mass is 10.1. The van der Waals surface area contributed by atoms with E-state index in [0.717, 1.165) is 31.6 Å². The first-order valence-electron chi connectivity index (χ1n) is 6.30. The molecular formula is C13H14F3N3. The van der Waals surface area contributed by atoms with Gasteiger partial charge in [0.05, 0.1) is 17.3 Å². The van der Waals surface area contributed by atoms with Crippen molar-refractivity contribution in [1.82, 2.24) is 14.7 Å². The van der Waals surface area contributed by atoms with Gasteiger partial charge < -0.3 is 9.72 Å². The van der Waals surface area contributed by atoms with Crippen LogP contribution in [-0.4, -0.2) is 22.0 Å². The number of fused-ring (bicyclic) bond motifs is 1. The van der Waals surface area contributed by atoms with Crippen molar-refractivity contribution in [2.45, 2.75) is 31.5 Å². The Morgan fingerprint density at radius 1 is 1.37 bits per heavy atom. The number of nitrogens with zero attached hydrogens (tertiary/aromatic N) is 2. The summed E-state index contributed by atoms with van der Waals surface area (Å²) in [6.07, 6.45) is 1.25. The van der Waals surface area contributed by atoms with Crippen molar-refractivity contribution >= 4 is 5.52 Å². The minimum absolute atomic E-state index is 0.320. The van der Waals surface area contributed by atoms with Gasteiger partial charge in [-0.3, -0.25) is 0 Å². The third kappa shape index (κ3) is 2.45. The normalized spacial score (nSPS) is 20.3. The van der Waals surface area contributed by atoms with E-state index < -0.39 is 11.7 Å². The summed E-state index contributed by atoms with van der Waals surface area (Å²) in [5, 5.41) is 3.33. The van der Waals surface area contributed by atoms with Gasteiger partial charge in [-0.25, -0.2) is 4.98 Å². The van der Waals surface area contributed by atoms with Crippen LogP contribution in [0.1, 0.15) is 24.2 Å². The van der Waals surface area contributed by atoms with E-state index in [-0.39, 0.29) is 0 Å². The Morgan fingerprint density at radius 2 is 2.21 bits per heavy atom. The van der Waals surface area contributed by atoms with Crippen molar-refractivity contribution in [2.24, 2.45) is 0 Å². The fourth-order valence-electron chi connectivity index (χ4n) is 2.51. The first-order chi connectivity index (χ1) is 9.04. The topological polar surface area (TPSA) is 29.3 Å². The number of rotatable bonds is 2. The molecule has 1 unspecified atom stereocenters. The molecule has 1 aliphatic heterocycles. The average Bonchev–Trinajstić information content (AvgIpc) is 2.98. The van der Waals surface area contributed by atoms with Crippen molar-refractivity contribution in [3.05, 3.63) is 35.9 Å². The fraction of sp³-hybridized carbons (Fsp3) is 0.462. The molecule has 0 amide bonds. The van der Waals surface area contributed by atoms with Crippen molar-refractivity contribution in [3.8, 4) is 0 Å². The van der Waals surface area contributed by atoms with Crippen LogP contribution in [-0.2, 0) is 12.6 Å². The number of nitrogens with one attached hydrogen (secondary N) is 1. The van der Waals surface area contributed by atoms with Crippen LogP contribution in [0.2, 0.25) is 0 Å². The monoisotopic (exact) mass is 269 g/mol. The fourth-order valence-corrected chi connectivity index (χ4v) is 2.51. The largest absolute Gasteiger partial charge is 0.417 e. The second kappa shape index (κ2) is 4.52. The minimum atomic E-state index is -4.32. The zero-order valence-corrected chi connectivity index (χ0v) is 10.2. The van der Waals surface area contributed by atoms with Crippen molar-refractivity contribution in [2.75, 3.05) is 6.54 Å². The van der Waals surface area contributed by atoms with Crippen LogP contribution in [0.5, 0.6) is 0 Å². The highest BCUT2D eigenvalue weighted by Crippen LogP contribution is 2.29. The molecule has 0 saturated carbocycles. The van der Waals surface area contributed by atoms with Gasteiger partial charge in [0.25, 0.3) is 0 Å².